The Morgan fingerprint density at radius 1 is 1.11 bits per heavy atom. The second kappa shape index (κ2) is 4.85. The maximum absolute atomic E-state index is 11.8. The number of anilines is 2. The molecule has 1 saturated heterocycles. The van der Waals surface area contributed by atoms with Gasteiger partial charge in [-0.05, 0) is 56.4 Å². The summed E-state index contributed by atoms with van der Waals surface area (Å²) in [6.07, 6.45) is 5.47. The van der Waals surface area contributed by atoms with Gasteiger partial charge in [-0.3, -0.25) is 4.79 Å². The van der Waals surface area contributed by atoms with Gasteiger partial charge in [0, 0.05) is 24.5 Å². The Balaban J connectivity index is 1.63. The van der Waals surface area contributed by atoms with E-state index in [4.69, 9.17) is 5.73 Å². The van der Waals surface area contributed by atoms with Crippen LogP contribution in [0.4, 0.5) is 11.4 Å². The molecule has 2 aliphatic rings. The van der Waals surface area contributed by atoms with E-state index in [9.17, 15) is 4.79 Å². The van der Waals surface area contributed by atoms with Gasteiger partial charge in [-0.1, -0.05) is 0 Å². The van der Waals surface area contributed by atoms with E-state index in [0.717, 1.165) is 31.6 Å². The number of rotatable bonds is 3. The van der Waals surface area contributed by atoms with Gasteiger partial charge >= 0.3 is 0 Å². The molecule has 1 amide bonds. The summed E-state index contributed by atoms with van der Waals surface area (Å²) in [6.45, 7) is 2.27. The number of amides is 1. The average Bonchev–Trinajstić information content (AvgIpc) is 3.20. The van der Waals surface area contributed by atoms with Crippen LogP contribution in [0.3, 0.4) is 0 Å². The standard InChI is InChI=1S/C15H21N3O/c16-15(8-9-15)14(19)17-12-4-6-13(7-5-12)18-10-2-1-3-11-18/h4-7H,1-3,8-11,16H2,(H,17,19). The highest BCUT2D eigenvalue weighted by Crippen LogP contribution is 2.33. The van der Waals surface area contributed by atoms with E-state index in [2.05, 4.69) is 22.3 Å². The minimum Gasteiger partial charge on any atom is -0.372 e. The fourth-order valence-electron chi connectivity index (χ4n) is 2.52. The van der Waals surface area contributed by atoms with Crippen molar-refractivity contribution in [1.82, 2.24) is 0 Å². The first-order valence-electron chi connectivity index (χ1n) is 7.13. The molecule has 4 heteroatoms. The molecule has 0 unspecified atom stereocenters. The van der Waals surface area contributed by atoms with E-state index in [1.54, 1.807) is 0 Å². The number of nitrogens with one attached hydrogen (secondary N) is 1. The number of nitrogens with two attached hydrogens (primary N) is 1. The lowest BCUT2D eigenvalue weighted by Gasteiger charge is -2.28. The highest BCUT2D eigenvalue weighted by atomic mass is 16.2. The smallest absolute Gasteiger partial charge is 0.244 e. The third-order valence-corrected chi connectivity index (χ3v) is 4.09. The summed E-state index contributed by atoms with van der Waals surface area (Å²) >= 11 is 0. The van der Waals surface area contributed by atoms with Crippen molar-refractivity contribution >= 4 is 17.3 Å². The van der Waals surface area contributed by atoms with E-state index in [1.807, 2.05) is 12.1 Å². The van der Waals surface area contributed by atoms with Crippen molar-refractivity contribution in [1.29, 1.82) is 0 Å². The zero-order valence-corrected chi connectivity index (χ0v) is 11.2. The van der Waals surface area contributed by atoms with Gasteiger partial charge in [0.1, 0.15) is 0 Å². The summed E-state index contributed by atoms with van der Waals surface area (Å²) in [5.41, 5.74) is 7.34. The molecule has 2 fully saturated rings. The van der Waals surface area contributed by atoms with Crippen LogP contribution in [-0.4, -0.2) is 24.5 Å². The molecule has 4 nitrogen and oxygen atoms in total. The summed E-state index contributed by atoms with van der Waals surface area (Å²) in [6, 6.07) is 8.09. The molecule has 1 aromatic rings. The van der Waals surface area contributed by atoms with E-state index < -0.39 is 5.54 Å². The molecule has 0 radical (unpaired) electrons. The Bertz CT molecular complexity index is 459. The van der Waals surface area contributed by atoms with Gasteiger partial charge in [-0.2, -0.15) is 0 Å². The number of nitrogens with zero attached hydrogens (tertiary/aromatic N) is 1. The van der Waals surface area contributed by atoms with Crippen molar-refractivity contribution in [3.63, 3.8) is 0 Å². The number of carbonyl (C=O) groups is 1. The number of hydrogen-bond acceptors (Lipinski definition) is 3. The zero-order chi connectivity index (χ0) is 13.3. The molecule has 0 spiro atoms. The topological polar surface area (TPSA) is 58.4 Å². The molecule has 3 rings (SSSR count). The van der Waals surface area contributed by atoms with Gasteiger partial charge < -0.3 is 16.0 Å². The highest BCUT2D eigenvalue weighted by molar-refractivity contribution is 6.00. The number of piperidine rings is 1. The third kappa shape index (κ3) is 2.73. The Hall–Kier alpha value is -1.55. The van der Waals surface area contributed by atoms with Crippen molar-refractivity contribution < 1.29 is 4.79 Å². The van der Waals surface area contributed by atoms with Crippen LogP contribution >= 0.6 is 0 Å². The largest absolute Gasteiger partial charge is 0.372 e. The van der Waals surface area contributed by atoms with Gasteiger partial charge in [0.2, 0.25) is 5.91 Å². The van der Waals surface area contributed by atoms with Crippen molar-refractivity contribution in [3.05, 3.63) is 24.3 Å². The number of hydrogen-bond donors (Lipinski definition) is 2. The quantitative estimate of drug-likeness (QED) is 0.874. The SMILES string of the molecule is NC1(C(=O)Nc2ccc(N3CCCCC3)cc2)CC1. The second-order valence-electron chi connectivity index (χ2n) is 5.70. The lowest BCUT2D eigenvalue weighted by atomic mass is 10.1. The molecule has 1 aromatic carbocycles. The molecule has 1 aliphatic carbocycles. The highest BCUT2D eigenvalue weighted by Gasteiger charge is 2.45. The van der Waals surface area contributed by atoms with Crippen LogP contribution in [0.25, 0.3) is 0 Å². The predicted octanol–water partition coefficient (Wildman–Crippen LogP) is 2.11. The van der Waals surface area contributed by atoms with Crippen LogP contribution in [0.2, 0.25) is 0 Å². The molecule has 1 aliphatic heterocycles. The van der Waals surface area contributed by atoms with Crippen LogP contribution in [0, 0.1) is 0 Å². The molecule has 19 heavy (non-hydrogen) atoms. The Morgan fingerprint density at radius 2 is 1.74 bits per heavy atom. The first kappa shape index (κ1) is 12.5. The molecule has 3 N–H and O–H groups in total. The molecular formula is C15H21N3O. The first-order chi connectivity index (χ1) is 9.17. The first-order valence-corrected chi connectivity index (χ1v) is 7.13. The Morgan fingerprint density at radius 3 is 2.32 bits per heavy atom. The lowest BCUT2D eigenvalue weighted by molar-refractivity contribution is -0.118. The maximum atomic E-state index is 11.8. The summed E-state index contributed by atoms with van der Waals surface area (Å²) in [7, 11) is 0. The minimum atomic E-state index is -0.606. The fraction of sp³-hybridized carbons (Fsp3) is 0.533. The molecule has 0 atom stereocenters. The van der Waals surface area contributed by atoms with Crippen LogP contribution in [0.1, 0.15) is 32.1 Å². The lowest BCUT2D eigenvalue weighted by Crippen LogP contribution is -2.37. The second-order valence-corrected chi connectivity index (χ2v) is 5.70. The predicted molar refractivity (Wildman–Crippen MR) is 77.3 cm³/mol. The summed E-state index contributed by atoms with van der Waals surface area (Å²) < 4.78 is 0. The molecular weight excluding hydrogens is 238 g/mol. The summed E-state index contributed by atoms with van der Waals surface area (Å²) in [5, 5.41) is 2.89. The molecule has 0 bridgehead atoms. The minimum absolute atomic E-state index is 0.0572. The van der Waals surface area contributed by atoms with E-state index in [0.29, 0.717) is 0 Å². The molecule has 1 heterocycles. The average molecular weight is 259 g/mol. The monoisotopic (exact) mass is 259 g/mol. The summed E-state index contributed by atoms with van der Waals surface area (Å²) in [5.74, 6) is -0.0572. The van der Waals surface area contributed by atoms with Crippen LogP contribution in [-0.2, 0) is 4.79 Å². The van der Waals surface area contributed by atoms with Gasteiger partial charge in [0.15, 0.2) is 0 Å². The van der Waals surface area contributed by atoms with Gasteiger partial charge in [-0.25, -0.2) is 0 Å². The van der Waals surface area contributed by atoms with Gasteiger partial charge in [0.05, 0.1) is 5.54 Å². The van der Waals surface area contributed by atoms with Crippen LogP contribution < -0.4 is 16.0 Å². The molecule has 0 aromatic heterocycles. The van der Waals surface area contributed by atoms with E-state index in [1.165, 1.54) is 24.9 Å². The van der Waals surface area contributed by atoms with Crippen LogP contribution in [0.5, 0.6) is 0 Å². The van der Waals surface area contributed by atoms with Crippen molar-refractivity contribution in [2.45, 2.75) is 37.6 Å². The third-order valence-electron chi connectivity index (χ3n) is 4.09. The van der Waals surface area contributed by atoms with Gasteiger partial charge in [-0.15, -0.1) is 0 Å². The van der Waals surface area contributed by atoms with Crippen molar-refractivity contribution in [2.75, 3.05) is 23.3 Å². The Kier molecular flexibility index (Phi) is 3.19. The molecule has 102 valence electrons. The Labute approximate surface area is 114 Å². The fourth-order valence-corrected chi connectivity index (χ4v) is 2.52. The summed E-state index contributed by atoms with van der Waals surface area (Å²) in [4.78, 5) is 14.2. The maximum Gasteiger partial charge on any atom is 0.244 e. The van der Waals surface area contributed by atoms with E-state index >= 15 is 0 Å². The van der Waals surface area contributed by atoms with Crippen LogP contribution in [0.15, 0.2) is 24.3 Å². The molecule has 1 saturated carbocycles. The van der Waals surface area contributed by atoms with Gasteiger partial charge in [0.25, 0.3) is 0 Å². The van der Waals surface area contributed by atoms with E-state index in [-0.39, 0.29) is 5.91 Å². The number of carbonyl (C=O) groups excluding carboxylic acids is 1. The zero-order valence-electron chi connectivity index (χ0n) is 11.2. The van der Waals surface area contributed by atoms with Crippen molar-refractivity contribution in [2.24, 2.45) is 5.73 Å². The van der Waals surface area contributed by atoms with Crippen molar-refractivity contribution in [3.8, 4) is 0 Å². The normalized spacial score (nSPS) is 21.0. The number of benzene rings is 1.